The quantitative estimate of drug-likeness (QED) is 0.649. The molecule has 2 amide bonds. The van der Waals surface area contributed by atoms with Crippen molar-refractivity contribution < 1.29 is 4.79 Å². The third-order valence-electron chi connectivity index (χ3n) is 1.49. The van der Waals surface area contributed by atoms with Crippen LogP contribution in [0.3, 0.4) is 0 Å². The second-order valence-corrected chi connectivity index (χ2v) is 2.36. The summed E-state index contributed by atoms with van der Waals surface area (Å²) in [6.07, 6.45) is 0. The van der Waals surface area contributed by atoms with Crippen molar-refractivity contribution in [1.82, 2.24) is 5.32 Å². The van der Waals surface area contributed by atoms with Crippen LogP contribution < -0.4 is 10.6 Å². The summed E-state index contributed by atoms with van der Waals surface area (Å²) in [7, 11) is 1.57. The molecule has 0 spiro atoms. The van der Waals surface area contributed by atoms with Crippen molar-refractivity contribution in [3.63, 3.8) is 0 Å². The maximum Gasteiger partial charge on any atom is 0.318 e. The topological polar surface area (TPSA) is 41.1 Å². The van der Waals surface area contributed by atoms with Crippen LogP contribution in [-0.4, -0.2) is 13.1 Å². The fraction of sp³-hybridized carbons (Fsp3) is 0.111. The fourth-order valence-electron chi connectivity index (χ4n) is 0.827. The highest BCUT2D eigenvalue weighted by Crippen LogP contribution is 2.12. The molecule has 1 radical (unpaired) electrons. The van der Waals surface area contributed by atoms with E-state index in [0.29, 0.717) is 0 Å². The molecule has 0 atom stereocenters. The molecule has 0 saturated carbocycles. The number of hydrogen-bond donors (Lipinski definition) is 2. The molecule has 1 rings (SSSR count). The van der Waals surface area contributed by atoms with Crippen molar-refractivity contribution >= 4 is 11.7 Å². The largest absolute Gasteiger partial charge is 0.341 e. The molecular formula is C9H11N2O. The predicted molar refractivity (Wildman–Crippen MR) is 49.0 cm³/mol. The third kappa shape index (κ3) is 1.99. The van der Waals surface area contributed by atoms with Gasteiger partial charge in [-0.2, -0.15) is 0 Å². The van der Waals surface area contributed by atoms with Crippen LogP contribution in [0.15, 0.2) is 24.3 Å². The highest BCUT2D eigenvalue weighted by molar-refractivity contribution is 5.89. The van der Waals surface area contributed by atoms with E-state index in [9.17, 15) is 4.79 Å². The van der Waals surface area contributed by atoms with Gasteiger partial charge in [-0.05, 0) is 18.6 Å². The van der Waals surface area contributed by atoms with Crippen molar-refractivity contribution in [2.45, 2.75) is 0 Å². The molecule has 0 aliphatic heterocycles. The van der Waals surface area contributed by atoms with Crippen molar-refractivity contribution in [2.75, 3.05) is 12.4 Å². The molecule has 63 valence electrons. The van der Waals surface area contributed by atoms with Gasteiger partial charge in [-0.3, -0.25) is 0 Å². The average Bonchev–Trinajstić information content (AvgIpc) is 2.09. The normalized spacial score (nSPS) is 9.17. The maximum atomic E-state index is 10.9. The number of nitrogens with one attached hydrogen (secondary N) is 2. The van der Waals surface area contributed by atoms with E-state index in [1.54, 1.807) is 13.1 Å². The molecule has 0 heterocycles. The van der Waals surface area contributed by atoms with Crippen LogP contribution in [0.2, 0.25) is 0 Å². The average molecular weight is 163 g/mol. The van der Waals surface area contributed by atoms with Crippen LogP contribution in [0.5, 0.6) is 0 Å². The van der Waals surface area contributed by atoms with E-state index >= 15 is 0 Å². The summed E-state index contributed by atoms with van der Waals surface area (Å²) in [6, 6.07) is 7.13. The molecule has 0 aliphatic rings. The zero-order valence-corrected chi connectivity index (χ0v) is 6.92. The van der Waals surface area contributed by atoms with Gasteiger partial charge < -0.3 is 10.6 Å². The van der Waals surface area contributed by atoms with E-state index in [-0.39, 0.29) is 6.03 Å². The molecule has 1 aromatic rings. The standard InChI is InChI=1S/C9H11N2O/c1-7-5-3-4-6-8(7)11-9(12)10-2/h3-6H,1H2,2H3,(H2,10,11,12). The second-order valence-electron chi connectivity index (χ2n) is 2.36. The van der Waals surface area contributed by atoms with Gasteiger partial charge in [-0.25, -0.2) is 4.79 Å². The number of para-hydroxylation sites is 1. The van der Waals surface area contributed by atoms with Gasteiger partial charge in [0.25, 0.3) is 0 Å². The number of anilines is 1. The molecule has 12 heavy (non-hydrogen) atoms. The number of carbonyl (C=O) groups excluding carboxylic acids is 1. The summed E-state index contributed by atoms with van der Waals surface area (Å²) in [4.78, 5) is 10.9. The lowest BCUT2D eigenvalue weighted by atomic mass is 10.2. The molecule has 0 bridgehead atoms. The van der Waals surface area contributed by atoms with E-state index < -0.39 is 0 Å². The van der Waals surface area contributed by atoms with Gasteiger partial charge in [0.2, 0.25) is 0 Å². The number of hydrogen-bond acceptors (Lipinski definition) is 1. The molecule has 3 heteroatoms. The van der Waals surface area contributed by atoms with Crippen molar-refractivity contribution in [3.05, 3.63) is 36.8 Å². The first kappa shape index (κ1) is 8.59. The molecule has 2 N–H and O–H groups in total. The molecule has 3 nitrogen and oxygen atoms in total. The summed E-state index contributed by atoms with van der Waals surface area (Å²) in [6.45, 7) is 3.77. The van der Waals surface area contributed by atoms with Gasteiger partial charge in [0.05, 0.1) is 0 Å². The van der Waals surface area contributed by atoms with E-state index in [1.165, 1.54) is 0 Å². The Balaban J connectivity index is 2.75. The van der Waals surface area contributed by atoms with Gasteiger partial charge in [0.15, 0.2) is 0 Å². The maximum absolute atomic E-state index is 10.9. The first-order valence-corrected chi connectivity index (χ1v) is 3.64. The fourth-order valence-corrected chi connectivity index (χ4v) is 0.827. The Kier molecular flexibility index (Phi) is 2.69. The highest BCUT2D eigenvalue weighted by atomic mass is 16.2. The van der Waals surface area contributed by atoms with Crippen LogP contribution in [0.4, 0.5) is 10.5 Å². The van der Waals surface area contributed by atoms with Crippen LogP contribution >= 0.6 is 0 Å². The molecule has 0 unspecified atom stereocenters. The summed E-state index contributed by atoms with van der Waals surface area (Å²) >= 11 is 0. The van der Waals surface area contributed by atoms with Gasteiger partial charge >= 0.3 is 6.03 Å². The lowest BCUT2D eigenvalue weighted by Gasteiger charge is -2.06. The van der Waals surface area contributed by atoms with Crippen molar-refractivity contribution in [2.24, 2.45) is 0 Å². The van der Waals surface area contributed by atoms with Gasteiger partial charge in [0, 0.05) is 12.7 Å². The number of urea groups is 1. The van der Waals surface area contributed by atoms with E-state index in [2.05, 4.69) is 17.6 Å². The Bertz CT molecular complexity index is 284. The van der Waals surface area contributed by atoms with Gasteiger partial charge in [-0.15, -0.1) is 0 Å². The molecule has 0 fully saturated rings. The van der Waals surface area contributed by atoms with Crippen LogP contribution in [0.25, 0.3) is 0 Å². The Hall–Kier alpha value is -1.51. The van der Waals surface area contributed by atoms with E-state index in [4.69, 9.17) is 0 Å². The number of rotatable bonds is 1. The minimum atomic E-state index is -0.230. The Morgan fingerprint density at radius 1 is 1.42 bits per heavy atom. The number of benzene rings is 1. The van der Waals surface area contributed by atoms with Crippen LogP contribution in [0, 0.1) is 6.92 Å². The highest BCUT2D eigenvalue weighted by Gasteiger charge is 1.99. The van der Waals surface area contributed by atoms with E-state index in [0.717, 1.165) is 11.3 Å². The molecule has 0 aromatic heterocycles. The van der Waals surface area contributed by atoms with Crippen molar-refractivity contribution in [1.29, 1.82) is 0 Å². The van der Waals surface area contributed by atoms with E-state index in [1.807, 2.05) is 18.2 Å². The third-order valence-corrected chi connectivity index (χ3v) is 1.49. The SMILES string of the molecule is [CH2]c1ccccc1NC(=O)NC. The first-order valence-electron chi connectivity index (χ1n) is 3.64. The monoisotopic (exact) mass is 163 g/mol. The summed E-state index contributed by atoms with van der Waals surface area (Å²) in [5.41, 5.74) is 1.54. The smallest absolute Gasteiger partial charge is 0.318 e. The molecule has 1 aromatic carbocycles. The molecule has 0 saturated heterocycles. The predicted octanol–water partition coefficient (Wildman–Crippen LogP) is 1.62. The minimum absolute atomic E-state index is 0.230. The zero-order valence-electron chi connectivity index (χ0n) is 6.92. The number of carbonyl (C=O) groups is 1. The molecule has 0 aliphatic carbocycles. The lowest BCUT2D eigenvalue weighted by Crippen LogP contribution is -2.24. The van der Waals surface area contributed by atoms with Crippen LogP contribution in [-0.2, 0) is 0 Å². The Morgan fingerprint density at radius 3 is 2.67 bits per heavy atom. The Labute approximate surface area is 71.8 Å². The summed E-state index contributed by atoms with van der Waals surface area (Å²) in [5.74, 6) is 0. The van der Waals surface area contributed by atoms with Gasteiger partial charge in [0.1, 0.15) is 0 Å². The van der Waals surface area contributed by atoms with Gasteiger partial charge in [-0.1, -0.05) is 18.2 Å². The summed E-state index contributed by atoms with van der Waals surface area (Å²) in [5, 5.41) is 5.11. The Morgan fingerprint density at radius 2 is 2.08 bits per heavy atom. The second kappa shape index (κ2) is 3.76. The molecular weight excluding hydrogens is 152 g/mol. The lowest BCUT2D eigenvalue weighted by molar-refractivity contribution is 0.254. The first-order chi connectivity index (χ1) is 5.74. The number of amides is 2. The van der Waals surface area contributed by atoms with Crippen molar-refractivity contribution in [3.8, 4) is 0 Å². The zero-order chi connectivity index (χ0) is 8.97. The summed E-state index contributed by atoms with van der Waals surface area (Å²) < 4.78 is 0. The minimum Gasteiger partial charge on any atom is -0.341 e. The van der Waals surface area contributed by atoms with Crippen LogP contribution in [0.1, 0.15) is 5.56 Å².